The third-order valence-corrected chi connectivity index (χ3v) is 4.60. The van der Waals surface area contributed by atoms with Gasteiger partial charge in [0.2, 0.25) is 29.5 Å². The van der Waals surface area contributed by atoms with Crippen molar-refractivity contribution in [3.63, 3.8) is 0 Å². The van der Waals surface area contributed by atoms with Crippen LogP contribution in [0.4, 0.5) is 0 Å². The van der Waals surface area contributed by atoms with Crippen LogP contribution in [-0.2, 0) is 28.8 Å². The van der Waals surface area contributed by atoms with Crippen molar-refractivity contribution in [2.45, 2.75) is 63.7 Å². The second kappa shape index (κ2) is 15.0. The van der Waals surface area contributed by atoms with Crippen molar-refractivity contribution < 1.29 is 33.9 Å². The van der Waals surface area contributed by atoms with Crippen LogP contribution in [0, 0.1) is 5.92 Å². The number of hydrogen-bond acceptors (Lipinski definition) is 8. The predicted molar refractivity (Wildman–Crippen MR) is 124 cm³/mol. The minimum atomic E-state index is -1.60. The molecule has 16 nitrogen and oxygen atoms in total. The summed E-state index contributed by atoms with van der Waals surface area (Å²) in [5, 5.41) is 16.2. The average molecular weight is 502 g/mol. The van der Waals surface area contributed by atoms with Crippen molar-refractivity contribution >= 4 is 41.5 Å². The summed E-state index contributed by atoms with van der Waals surface area (Å²) in [7, 11) is 0. The Labute approximate surface area is 201 Å². The Morgan fingerprint density at radius 2 is 1.34 bits per heavy atom. The van der Waals surface area contributed by atoms with Crippen LogP contribution in [0.5, 0.6) is 0 Å². The molecule has 14 N–H and O–H groups in total. The zero-order chi connectivity index (χ0) is 27.3. The highest BCUT2D eigenvalue weighted by molar-refractivity contribution is 5.95. The second-order valence-electron chi connectivity index (χ2n) is 8.09. The summed E-state index contributed by atoms with van der Waals surface area (Å²) in [4.78, 5) is 75.2. The van der Waals surface area contributed by atoms with Gasteiger partial charge in [-0.3, -0.25) is 29.0 Å². The number of primary amides is 2. The number of carboxylic acid groups (broad SMARTS) is 1. The standard InChI is InChI=1S/C19H35N9O7/c1-8(2)14(17(33)27-11(18(34)35)7-13(22)30)28-16(32)10(4-3-5-25-19(23)24)26-15(31)9(20)6-12(21)29/h8-11,14H,3-7,20H2,1-2H3,(H2,21,29)(H2,22,30)(H,26,31)(H,27,33)(H,28,32)(H,34,35)(H4,23,24,25). The number of aliphatic carboxylic acids is 1. The van der Waals surface area contributed by atoms with Crippen molar-refractivity contribution in [1.29, 1.82) is 0 Å². The fourth-order valence-electron chi connectivity index (χ4n) is 2.81. The number of hydrogen-bond donors (Lipinski definition) is 9. The van der Waals surface area contributed by atoms with E-state index in [-0.39, 0.29) is 25.3 Å². The Morgan fingerprint density at radius 1 is 0.800 bits per heavy atom. The first-order valence-corrected chi connectivity index (χ1v) is 10.7. The number of carboxylic acids is 1. The molecule has 0 aliphatic carbocycles. The number of nitrogens with two attached hydrogens (primary N) is 5. The number of nitrogens with one attached hydrogen (secondary N) is 3. The van der Waals surface area contributed by atoms with Gasteiger partial charge in [-0.25, -0.2) is 4.79 Å². The van der Waals surface area contributed by atoms with Crippen LogP contribution in [0.25, 0.3) is 0 Å². The second-order valence-corrected chi connectivity index (χ2v) is 8.09. The van der Waals surface area contributed by atoms with Crippen molar-refractivity contribution in [3.05, 3.63) is 0 Å². The summed E-state index contributed by atoms with van der Waals surface area (Å²) < 4.78 is 0. The minimum absolute atomic E-state index is 0.0313. The summed E-state index contributed by atoms with van der Waals surface area (Å²) in [5.74, 6) is -6.43. The van der Waals surface area contributed by atoms with Crippen LogP contribution in [0.15, 0.2) is 4.99 Å². The molecule has 16 heteroatoms. The van der Waals surface area contributed by atoms with Crippen LogP contribution in [0.2, 0.25) is 0 Å². The number of amides is 5. The molecule has 0 saturated heterocycles. The molecule has 0 rings (SSSR count). The number of rotatable bonds is 16. The molecule has 5 amide bonds. The lowest BCUT2D eigenvalue weighted by atomic mass is 10.0. The van der Waals surface area contributed by atoms with Gasteiger partial charge in [-0.2, -0.15) is 0 Å². The van der Waals surface area contributed by atoms with E-state index in [1.807, 2.05) is 0 Å². The molecule has 0 aliphatic rings. The highest BCUT2D eigenvalue weighted by atomic mass is 16.4. The lowest BCUT2D eigenvalue weighted by Crippen LogP contribution is -2.58. The van der Waals surface area contributed by atoms with Gasteiger partial charge in [0.25, 0.3) is 0 Å². The van der Waals surface area contributed by atoms with Gasteiger partial charge in [0.15, 0.2) is 5.96 Å². The van der Waals surface area contributed by atoms with E-state index in [9.17, 15) is 33.9 Å². The molecular formula is C19H35N9O7. The van der Waals surface area contributed by atoms with E-state index in [1.165, 1.54) is 0 Å². The number of aliphatic imine (C=N–C) groups is 1. The molecule has 0 saturated carbocycles. The molecule has 0 aromatic heterocycles. The van der Waals surface area contributed by atoms with Crippen molar-refractivity contribution in [2.75, 3.05) is 6.54 Å². The maximum Gasteiger partial charge on any atom is 0.326 e. The molecule has 198 valence electrons. The Hall–Kier alpha value is -3.95. The average Bonchev–Trinajstić information content (AvgIpc) is 2.71. The molecule has 0 heterocycles. The molecule has 0 aromatic rings. The van der Waals surface area contributed by atoms with Gasteiger partial charge in [-0.1, -0.05) is 13.8 Å². The summed E-state index contributed by atoms with van der Waals surface area (Å²) >= 11 is 0. The van der Waals surface area contributed by atoms with Gasteiger partial charge in [0.05, 0.1) is 18.9 Å². The van der Waals surface area contributed by atoms with E-state index >= 15 is 0 Å². The maximum atomic E-state index is 13.0. The topological polar surface area (TPSA) is 301 Å². The van der Waals surface area contributed by atoms with Crippen LogP contribution in [0.3, 0.4) is 0 Å². The largest absolute Gasteiger partial charge is 0.480 e. The Bertz CT molecular complexity index is 827. The first kappa shape index (κ1) is 31.0. The van der Waals surface area contributed by atoms with Crippen molar-refractivity contribution in [2.24, 2.45) is 39.6 Å². The Kier molecular flexibility index (Phi) is 13.4. The summed E-state index contributed by atoms with van der Waals surface area (Å²) in [6.07, 6.45) is -0.828. The van der Waals surface area contributed by atoms with Gasteiger partial charge in [0.1, 0.15) is 18.1 Å². The zero-order valence-electron chi connectivity index (χ0n) is 19.7. The van der Waals surface area contributed by atoms with Gasteiger partial charge in [-0.05, 0) is 18.8 Å². The third-order valence-electron chi connectivity index (χ3n) is 4.60. The lowest BCUT2D eigenvalue weighted by molar-refractivity contribution is -0.144. The van der Waals surface area contributed by atoms with Crippen LogP contribution >= 0.6 is 0 Å². The van der Waals surface area contributed by atoms with Crippen LogP contribution in [0.1, 0.15) is 39.5 Å². The van der Waals surface area contributed by atoms with Gasteiger partial charge >= 0.3 is 5.97 Å². The first-order chi connectivity index (χ1) is 16.1. The fraction of sp³-hybridized carbons (Fsp3) is 0.632. The molecule has 4 atom stereocenters. The van der Waals surface area contributed by atoms with Gasteiger partial charge in [-0.15, -0.1) is 0 Å². The quantitative estimate of drug-likeness (QED) is 0.0552. The SMILES string of the molecule is CC(C)C(NC(=O)C(CCCN=C(N)N)NC(=O)C(N)CC(N)=O)C(=O)NC(CC(N)=O)C(=O)O. The molecule has 0 aromatic carbocycles. The number of carbonyl (C=O) groups excluding carboxylic acids is 5. The maximum absolute atomic E-state index is 13.0. The van der Waals surface area contributed by atoms with Crippen molar-refractivity contribution in [3.8, 4) is 0 Å². The predicted octanol–water partition coefficient (Wildman–Crippen LogP) is -4.69. The summed E-state index contributed by atoms with van der Waals surface area (Å²) in [6.45, 7) is 3.31. The highest BCUT2D eigenvalue weighted by Gasteiger charge is 2.32. The van der Waals surface area contributed by atoms with Gasteiger partial charge < -0.3 is 49.7 Å². The van der Waals surface area contributed by atoms with E-state index < -0.39 is 78.4 Å². The van der Waals surface area contributed by atoms with E-state index in [4.69, 9.17) is 28.7 Å². The molecule has 35 heavy (non-hydrogen) atoms. The highest BCUT2D eigenvalue weighted by Crippen LogP contribution is 2.07. The fourth-order valence-corrected chi connectivity index (χ4v) is 2.81. The van der Waals surface area contributed by atoms with E-state index in [0.717, 1.165) is 0 Å². The number of guanidine groups is 1. The van der Waals surface area contributed by atoms with E-state index in [0.29, 0.717) is 0 Å². The summed E-state index contributed by atoms with van der Waals surface area (Å²) in [5.41, 5.74) is 26.2. The summed E-state index contributed by atoms with van der Waals surface area (Å²) in [6, 6.07) is -5.34. The Balaban J connectivity index is 5.56. The van der Waals surface area contributed by atoms with E-state index in [1.54, 1.807) is 13.8 Å². The first-order valence-electron chi connectivity index (χ1n) is 10.7. The molecule has 4 unspecified atom stereocenters. The smallest absolute Gasteiger partial charge is 0.326 e. The third kappa shape index (κ3) is 12.8. The van der Waals surface area contributed by atoms with E-state index in [2.05, 4.69) is 20.9 Å². The minimum Gasteiger partial charge on any atom is -0.480 e. The molecular weight excluding hydrogens is 466 g/mol. The van der Waals surface area contributed by atoms with Crippen LogP contribution < -0.4 is 44.6 Å². The Morgan fingerprint density at radius 3 is 1.80 bits per heavy atom. The van der Waals surface area contributed by atoms with Crippen molar-refractivity contribution in [1.82, 2.24) is 16.0 Å². The lowest BCUT2D eigenvalue weighted by Gasteiger charge is -2.27. The number of carbonyl (C=O) groups is 6. The zero-order valence-corrected chi connectivity index (χ0v) is 19.7. The van der Waals surface area contributed by atoms with Crippen LogP contribution in [-0.4, -0.2) is 77.3 Å². The monoisotopic (exact) mass is 501 g/mol. The molecule has 0 bridgehead atoms. The normalized spacial score (nSPS) is 14.1. The molecule has 0 aliphatic heterocycles. The number of nitrogens with zero attached hydrogens (tertiary/aromatic N) is 1. The van der Waals surface area contributed by atoms with Gasteiger partial charge in [0, 0.05) is 6.54 Å². The molecule has 0 fully saturated rings. The molecule has 0 radical (unpaired) electrons. The molecule has 0 spiro atoms.